The van der Waals surface area contributed by atoms with Crippen molar-refractivity contribution in [3.05, 3.63) is 35.9 Å². The SMILES string of the molecule is CC[Si](CC)(CC)C(C#N)(c1ccccc1)C(C)B(O)O. The molecule has 1 aromatic carbocycles. The maximum atomic E-state index is 10.1. The van der Waals surface area contributed by atoms with Gasteiger partial charge in [0.25, 0.3) is 0 Å². The van der Waals surface area contributed by atoms with Crippen LogP contribution in [0.2, 0.25) is 23.9 Å². The summed E-state index contributed by atoms with van der Waals surface area (Å²) >= 11 is 0. The van der Waals surface area contributed by atoms with Gasteiger partial charge in [-0.2, -0.15) is 5.26 Å². The molecule has 0 heterocycles. The van der Waals surface area contributed by atoms with Gasteiger partial charge in [0.15, 0.2) is 0 Å². The van der Waals surface area contributed by atoms with Gasteiger partial charge in [-0.25, -0.2) is 0 Å². The van der Waals surface area contributed by atoms with E-state index < -0.39 is 26.0 Å². The molecule has 3 nitrogen and oxygen atoms in total. The largest absolute Gasteiger partial charge is 0.456 e. The van der Waals surface area contributed by atoms with Crippen molar-refractivity contribution in [3.8, 4) is 6.07 Å². The summed E-state index contributed by atoms with van der Waals surface area (Å²) in [5, 5.41) is 29.0. The molecular formula is C16H26BNO2Si. The Morgan fingerprint density at radius 1 is 1.14 bits per heavy atom. The number of hydrogen-bond donors (Lipinski definition) is 2. The standard InChI is InChI=1S/C16H26BNO2Si/c1-5-21(6-2,7-3)16(13-18,14(4)17(19)20)15-11-9-8-10-12-15/h8-12,14,19-20H,5-7H2,1-4H3. The smallest absolute Gasteiger partial charge is 0.427 e. The highest BCUT2D eigenvalue weighted by Gasteiger charge is 2.57. The molecule has 0 aliphatic heterocycles. The molecule has 0 aliphatic rings. The van der Waals surface area contributed by atoms with Crippen LogP contribution in [-0.2, 0) is 5.04 Å². The maximum absolute atomic E-state index is 10.1. The summed E-state index contributed by atoms with van der Waals surface area (Å²) in [6.07, 6.45) is 0. The third-order valence-corrected chi connectivity index (χ3v) is 12.0. The van der Waals surface area contributed by atoms with E-state index in [0.717, 1.165) is 23.7 Å². The van der Waals surface area contributed by atoms with Crippen LogP contribution in [0.3, 0.4) is 0 Å². The van der Waals surface area contributed by atoms with Crippen LogP contribution in [-0.4, -0.2) is 25.2 Å². The van der Waals surface area contributed by atoms with Crippen LogP contribution < -0.4 is 0 Å². The fourth-order valence-electron chi connectivity index (χ4n) is 3.85. The van der Waals surface area contributed by atoms with Crippen LogP contribution in [0, 0.1) is 11.3 Å². The average Bonchev–Trinajstić information content (AvgIpc) is 2.53. The summed E-state index contributed by atoms with van der Waals surface area (Å²) in [7, 11) is -3.53. The Morgan fingerprint density at radius 3 is 1.95 bits per heavy atom. The Kier molecular flexibility index (Phi) is 6.21. The molecule has 1 rings (SSSR count). The van der Waals surface area contributed by atoms with Gasteiger partial charge < -0.3 is 10.0 Å². The topological polar surface area (TPSA) is 64.2 Å². The number of benzene rings is 1. The van der Waals surface area contributed by atoms with Gasteiger partial charge in [0.2, 0.25) is 0 Å². The number of nitriles is 1. The lowest BCUT2D eigenvalue weighted by Gasteiger charge is -2.48. The van der Waals surface area contributed by atoms with Crippen LogP contribution in [0.25, 0.3) is 0 Å². The van der Waals surface area contributed by atoms with Crippen LogP contribution in [0.5, 0.6) is 0 Å². The molecule has 2 atom stereocenters. The molecule has 0 amide bonds. The molecule has 0 saturated carbocycles. The van der Waals surface area contributed by atoms with Crippen LogP contribution in [0.1, 0.15) is 33.3 Å². The first kappa shape index (κ1) is 18.0. The van der Waals surface area contributed by atoms with Gasteiger partial charge in [0.1, 0.15) is 0 Å². The molecule has 0 aliphatic carbocycles. The van der Waals surface area contributed by atoms with Crippen LogP contribution in [0.4, 0.5) is 0 Å². The second-order valence-corrected chi connectivity index (χ2v) is 11.3. The lowest BCUT2D eigenvalue weighted by molar-refractivity contribution is 0.374. The molecule has 21 heavy (non-hydrogen) atoms. The first-order chi connectivity index (χ1) is 9.95. The maximum Gasteiger partial charge on any atom is 0.456 e. The van der Waals surface area contributed by atoms with Gasteiger partial charge in [-0.15, -0.1) is 0 Å². The minimum atomic E-state index is -2.04. The van der Waals surface area contributed by atoms with Gasteiger partial charge in [-0.05, 0) is 5.56 Å². The average molecular weight is 303 g/mol. The molecule has 0 spiro atoms. The summed E-state index contributed by atoms with van der Waals surface area (Å²) in [6, 6.07) is 15.1. The summed E-state index contributed by atoms with van der Waals surface area (Å²) in [4.78, 5) is 0. The van der Waals surface area contributed by atoms with E-state index >= 15 is 0 Å². The molecule has 0 bridgehead atoms. The highest BCUT2D eigenvalue weighted by molar-refractivity contribution is 6.84. The van der Waals surface area contributed by atoms with Gasteiger partial charge >= 0.3 is 7.12 Å². The molecule has 2 N–H and O–H groups in total. The zero-order valence-electron chi connectivity index (χ0n) is 13.5. The molecule has 0 saturated heterocycles. The van der Waals surface area contributed by atoms with Crippen molar-refractivity contribution >= 4 is 15.2 Å². The minimum absolute atomic E-state index is 0.503. The van der Waals surface area contributed by atoms with Crippen molar-refractivity contribution in [2.75, 3.05) is 0 Å². The summed E-state index contributed by atoms with van der Waals surface area (Å²) in [6.45, 7) is 8.23. The fourth-order valence-corrected chi connectivity index (χ4v) is 9.15. The molecule has 0 aromatic heterocycles. The summed E-state index contributed by atoms with van der Waals surface area (Å²) in [5.41, 5.74) is 0.935. The minimum Gasteiger partial charge on any atom is -0.427 e. The van der Waals surface area contributed by atoms with E-state index in [0.29, 0.717) is 0 Å². The van der Waals surface area contributed by atoms with Crippen LogP contribution >= 0.6 is 0 Å². The second kappa shape index (κ2) is 7.26. The van der Waals surface area contributed by atoms with E-state index in [4.69, 9.17) is 0 Å². The highest BCUT2D eigenvalue weighted by Crippen LogP contribution is 2.49. The van der Waals surface area contributed by atoms with E-state index in [1.54, 1.807) is 6.92 Å². The Labute approximate surface area is 129 Å². The van der Waals surface area contributed by atoms with Gasteiger partial charge in [-0.1, -0.05) is 76.2 Å². The van der Waals surface area contributed by atoms with E-state index in [2.05, 4.69) is 26.8 Å². The fraction of sp³-hybridized carbons (Fsp3) is 0.562. The van der Waals surface area contributed by atoms with Gasteiger partial charge in [0, 0.05) is 5.82 Å². The lowest BCUT2D eigenvalue weighted by atomic mass is 9.64. The predicted molar refractivity (Wildman–Crippen MR) is 90.5 cm³/mol. The Morgan fingerprint density at radius 2 is 1.62 bits per heavy atom. The second-order valence-electron chi connectivity index (χ2n) is 5.83. The molecule has 0 fully saturated rings. The zero-order chi connectivity index (χ0) is 16.1. The molecule has 2 unspecified atom stereocenters. The Hall–Kier alpha value is -1.09. The quantitative estimate of drug-likeness (QED) is 0.759. The molecule has 1 aromatic rings. The van der Waals surface area contributed by atoms with Gasteiger partial charge in [0.05, 0.1) is 19.2 Å². The predicted octanol–water partition coefficient (Wildman–Crippen LogP) is 3.36. The summed E-state index contributed by atoms with van der Waals surface area (Å²) in [5.74, 6) is -0.503. The number of nitrogens with zero attached hydrogens (tertiary/aromatic N) is 1. The van der Waals surface area contributed by atoms with Crippen LogP contribution in [0.15, 0.2) is 30.3 Å². The Balaban J connectivity index is 3.67. The third-order valence-electron chi connectivity index (χ3n) is 5.40. The van der Waals surface area contributed by atoms with Crippen molar-refractivity contribution < 1.29 is 10.0 Å². The third kappa shape index (κ3) is 2.81. The number of hydrogen-bond acceptors (Lipinski definition) is 3. The van der Waals surface area contributed by atoms with Crippen molar-refractivity contribution in [3.63, 3.8) is 0 Å². The van der Waals surface area contributed by atoms with E-state index in [-0.39, 0.29) is 0 Å². The Bertz CT molecular complexity index is 477. The monoisotopic (exact) mass is 303 g/mol. The van der Waals surface area contributed by atoms with Gasteiger partial charge in [-0.3, -0.25) is 0 Å². The van der Waals surface area contributed by atoms with Crippen molar-refractivity contribution in [1.29, 1.82) is 5.26 Å². The van der Waals surface area contributed by atoms with E-state index in [1.807, 2.05) is 30.3 Å². The summed E-state index contributed by atoms with van der Waals surface area (Å²) < 4.78 is 0. The van der Waals surface area contributed by atoms with E-state index in [1.165, 1.54) is 0 Å². The molecular weight excluding hydrogens is 277 g/mol. The highest BCUT2D eigenvalue weighted by atomic mass is 28.3. The molecule has 114 valence electrons. The van der Waals surface area contributed by atoms with Crippen molar-refractivity contribution in [1.82, 2.24) is 0 Å². The van der Waals surface area contributed by atoms with E-state index in [9.17, 15) is 15.3 Å². The lowest BCUT2D eigenvalue weighted by Crippen LogP contribution is -2.58. The van der Waals surface area contributed by atoms with Crippen molar-refractivity contribution in [2.24, 2.45) is 0 Å². The first-order valence-electron chi connectivity index (χ1n) is 7.78. The van der Waals surface area contributed by atoms with Crippen molar-refractivity contribution in [2.45, 2.75) is 56.7 Å². The number of rotatable bonds is 7. The normalized spacial score (nSPS) is 15.9. The molecule has 5 heteroatoms. The first-order valence-corrected chi connectivity index (χ1v) is 10.4. The molecule has 0 radical (unpaired) electrons. The zero-order valence-corrected chi connectivity index (χ0v) is 14.5.